The van der Waals surface area contributed by atoms with Crippen molar-refractivity contribution in [1.29, 1.82) is 0 Å². The molecule has 0 saturated heterocycles. The van der Waals surface area contributed by atoms with Gasteiger partial charge in [-0.2, -0.15) is 0 Å². The Kier molecular flexibility index (Phi) is 2.62. The maximum Gasteiger partial charge on any atom is 0.140 e. The Balaban J connectivity index is 2.21. The summed E-state index contributed by atoms with van der Waals surface area (Å²) >= 11 is 3.20. The fraction of sp³-hybridized carbons (Fsp3) is 0.455. The summed E-state index contributed by atoms with van der Waals surface area (Å²) in [7, 11) is 1.95. The van der Waals surface area contributed by atoms with E-state index >= 15 is 0 Å². The molecule has 0 unspecified atom stereocenters. The van der Waals surface area contributed by atoms with E-state index in [2.05, 4.69) is 21.2 Å². The first kappa shape index (κ1) is 10.1. The topological polar surface area (TPSA) is 12.0 Å². The normalized spacial score (nSPS) is 18.2. The van der Waals surface area contributed by atoms with Crippen LogP contribution in [0.1, 0.15) is 18.4 Å². The third-order valence-corrected chi connectivity index (χ3v) is 3.56. The number of hydrogen-bond acceptors (Lipinski definition) is 1. The SMILES string of the molecule is CNC1(Cc2cccc(Br)c2F)CC1. The first-order valence-electron chi connectivity index (χ1n) is 4.79. The highest BCUT2D eigenvalue weighted by Gasteiger charge is 2.41. The largest absolute Gasteiger partial charge is 0.314 e. The van der Waals surface area contributed by atoms with Crippen LogP contribution in [-0.2, 0) is 6.42 Å². The third-order valence-electron chi connectivity index (χ3n) is 2.94. The molecule has 76 valence electrons. The van der Waals surface area contributed by atoms with Gasteiger partial charge in [-0.05, 0) is 53.9 Å². The minimum atomic E-state index is -0.117. The van der Waals surface area contributed by atoms with E-state index in [-0.39, 0.29) is 11.4 Å². The van der Waals surface area contributed by atoms with Crippen LogP contribution < -0.4 is 5.32 Å². The molecule has 1 nitrogen and oxygen atoms in total. The van der Waals surface area contributed by atoms with Gasteiger partial charge in [0.2, 0.25) is 0 Å². The van der Waals surface area contributed by atoms with E-state index < -0.39 is 0 Å². The van der Waals surface area contributed by atoms with Crippen molar-refractivity contribution < 1.29 is 4.39 Å². The standard InChI is InChI=1S/C11H13BrFN/c1-14-11(5-6-11)7-8-3-2-4-9(12)10(8)13/h2-4,14H,5-7H2,1H3. The third kappa shape index (κ3) is 1.84. The van der Waals surface area contributed by atoms with Gasteiger partial charge in [-0.25, -0.2) is 4.39 Å². The number of rotatable bonds is 3. The summed E-state index contributed by atoms with van der Waals surface area (Å²) < 4.78 is 14.2. The second-order valence-corrected chi connectivity index (χ2v) is 4.77. The van der Waals surface area contributed by atoms with Crippen molar-refractivity contribution in [3.63, 3.8) is 0 Å². The molecule has 1 aromatic carbocycles. The van der Waals surface area contributed by atoms with Crippen LogP contribution in [-0.4, -0.2) is 12.6 Å². The maximum atomic E-state index is 13.6. The van der Waals surface area contributed by atoms with E-state index in [9.17, 15) is 4.39 Å². The van der Waals surface area contributed by atoms with Crippen LogP contribution in [0.5, 0.6) is 0 Å². The lowest BCUT2D eigenvalue weighted by atomic mass is 10.0. The number of halogens is 2. The van der Waals surface area contributed by atoms with Gasteiger partial charge in [0, 0.05) is 5.54 Å². The lowest BCUT2D eigenvalue weighted by Gasteiger charge is -2.14. The van der Waals surface area contributed by atoms with Crippen molar-refractivity contribution in [2.24, 2.45) is 0 Å². The predicted octanol–water partition coefficient (Wildman–Crippen LogP) is 2.88. The molecular formula is C11H13BrFN. The van der Waals surface area contributed by atoms with Crippen LogP contribution in [0, 0.1) is 5.82 Å². The zero-order valence-electron chi connectivity index (χ0n) is 8.11. The number of benzene rings is 1. The molecule has 0 atom stereocenters. The molecule has 0 bridgehead atoms. The van der Waals surface area contributed by atoms with E-state index in [0.29, 0.717) is 4.47 Å². The summed E-state index contributed by atoms with van der Waals surface area (Å²) in [5.74, 6) is -0.117. The summed E-state index contributed by atoms with van der Waals surface area (Å²) in [5.41, 5.74) is 0.966. The number of hydrogen-bond donors (Lipinski definition) is 1. The van der Waals surface area contributed by atoms with E-state index in [0.717, 1.165) is 24.8 Å². The lowest BCUT2D eigenvalue weighted by molar-refractivity contribution is 0.522. The molecule has 0 heterocycles. The van der Waals surface area contributed by atoms with Crippen LogP contribution in [0.2, 0.25) is 0 Å². The minimum absolute atomic E-state index is 0.117. The van der Waals surface area contributed by atoms with Crippen molar-refractivity contribution in [3.8, 4) is 0 Å². The zero-order valence-corrected chi connectivity index (χ0v) is 9.70. The summed E-state index contributed by atoms with van der Waals surface area (Å²) in [6.07, 6.45) is 3.08. The fourth-order valence-corrected chi connectivity index (χ4v) is 2.12. The van der Waals surface area contributed by atoms with Crippen LogP contribution in [0.4, 0.5) is 4.39 Å². The molecule has 2 rings (SSSR count). The van der Waals surface area contributed by atoms with Gasteiger partial charge in [0.05, 0.1) is 4.47 Å². The zero-order chi connectivity index (χ0) is 10.2. The van der Waals surface area contributed by atoms with Crippen molar-refractivity contribution in [1.82, 2.24) is 5.32 Å². The average Bonchev–Trinajstić information content (AvgIpc) is 2.94. The van der Waals surface area contributed by atoms with Crippen LogP contribution in [0.3, 0.4) is 0 Å². The Labute approximate surface area is 91.8 Å². The van der Waals surface area contributed by atoms with Gasteiger partial charge in [0.1, 0.15) is 5.82 Å². The van der Waals surface area contributed by atoms with Crippen LogP contribution in [0.25, 0.3) is 0 Å². The Morgan fingerprint density at radius 1 is 1.50 bits per heavy atom. The molecule has 0 aliphatic heterocycles. The smallest absolute Gasteiger partial charge is 0.140 e. The van der Waals surface area contributed by atoms with Gasteiger partial charge in [-0.1, -0.05) is 12.1 Å². The molecule has 0 aromatic heterocycles. The van der Waals surface area contributed by atoms with E-state index in [4.69, 9.17) is 0 Å². The lowest BCUT2D eigenvalue weighted by Crippen LogP contribution is -2.29. The molecule has 1 fully saturated rings. The van der Waals surface area contributed by atoms with E-state index in [1.807, 2.05) is 19.2 Å². The molecule has 1 saturated carbocycles. The van der Waals surface area contributed by atoms with Gasteiger partial charge in [-0.3, -0.25) is 0 Å². The highest BCUT2D eigenvalue weighted by atomic mass is 79.9. The molecule has 1 aliphatic carbocycles. The molecule has 1 aromatic rings. The Hall–Kier alpha value is -0.410. The highest BCUT2D eigenvalue weighted by molar-refractivity contribution is 9.10. The summed E-state index contributed by atoms with van der Waals surface area (Å²) in [6, 6.07) is 5.48. The number of likely N-dealkylation sites (N-methyl/N-ethyl adjacent to an activating group) is 1. The van der Waals surface area contributed by atoms with Gasteiger partial charge in [-0.15, -0.1) is 0 Å². The monoisotopic (exact) mass is 257 g/mol. The molecule has 3 heteroatoms. The second-order valence-electron chi connectivity index (χ2n) is 3.92. The van der Waals surface area contributed by atoms with E-state index in [1.54, 1.807) is 6.07 Å². The fourth-order valence-electron chi connectivity index (χ4n) is 1.72. The molecular weight excluding hydrogens is 245 g/mol. The molecule has 1 aliphatic rings. The quantitative estimate of drug-likeness (QED) is 0.879. The van der Waals surface area contributed by atoms with Crippen molar-refractivity contribution in [3.05, 3.63) is 34.1 Å². The summed E-state index contributed by atoms with van der Waals surface area (Å²) in [6.45, 7) is 0. The molecule has 0 radical (unpaired) electrons. The Bertz CT molecular complexity index is 347. The first-order valence-corrected chi connectivity index (χ1v) is 5.58. The summed E-state index contributed by atoms with van der Waals surface area (Å²) in [5, 5.41) is 3.27. The van der Waals surface area contributed by atoms with Gasteiger partial charge < -0.3 is 5.32 Å². The second kappa shape index (κ2) is 3.63. The predicted molar refractivity (Wildman–Crippen MR) is 58.8 cm³/mol. The average molecular weight is 258 g/mol. The highest BCUT2D eigenvalue weighted by Crippen LogP contribution is 2.39. The van der Waals surface area contributed by atoms with E-state index in [1.165, 1.54) is 0 Å². The molecule has 1 N–H and O–H groups in total. The Morgan fingerprint density at radius 3 is 2.79 bits per heavy atom. The number of nitrogens with one attached hydrogen (secondary N) is 1. The van der Waals surface area contributed by atoms with Gasteiger partial charge >= 0.3 is 0 Å². The maximum absolute atomic E-state index is 13.6. The van der Waals surface area contributed by atoms with Gasteiger partial charge in [0.15, 0.2) is 0 Å². The molecule has 0 amide bonds. The molecule has 0 spiro atoms. The summed E-state index contributed by atoms with van der Waals surface area (Å²) in [4.78, 5) is 0. The van der Waals surface area contributed by atoms with Crippen LogP contribution in [0.15, 0.2) is 22.7 Å². The van der Waals surface area contributed by atoms with Crippen molar-refractivity contribution in [2.45, 2.75) is 24.8 Å². The van der Waals surface area contributed by atoms with Crippen LogP contribution >= 0.6 is 15.9 Å². The Morgan fingerprint density at radius 2 is 2.21 bits per heavy atom. The van der Waals surface area contributed by atoms with Gasteiger partial charge in [0.25, 0.3) is 0 Å². The molecule has 14 heavy (non-hydrogen) atoms. The van der Waals surface area contributed by atoms with Crippen molar-refractivity contribution in [2.75, 3.05) is 7.05 Å². The minimum Gasteiger partial charge on any atom is -0.314 e. The van der Waals surface area contributed by atoms with Crippen molar-refractivity contribution >= 4 is 15.9 Å². The first-order chi connectivity index (χ1) is 6.67.